The second kappa shape index (κ2) is 7.70. The fraction of sp³-hybridized carbons (Fsp3) is 0.143. The number of anilines is 1. The van der Waals surface area contributed by atoms with Crippen LogP contribution in [0.3, 0.4) is 0 Å². The van der Waals surface area contributed by atoms with Gasteiger partial charge in [-0.15, -0.1) is 0 Å². The minimum absolute atomic E-state index is 0.181. The van der Waals surface area contributed by atoms with E-state index in [2.05, 4.69) is 17.0 Å². The van der Waals surface area contributed by atoms with Crippen LogP contribution in [0, 0.1) is 13.8 Å². The SMILES string of the molecule is C=CCOc1ccc(C(=O)Nc2c(C)nn(-c3ccccc3)c2C)cc1. The van der Waals surface area contributed by atoms with Gasteiger partial charge in [0.1, 0.15) is 12.4 Å². The molecule has 26 heavy (non-hydrogen) atoms. The van der Waals surface area contributed by atoms with Gasteiger partial charge in [-0.3, -0.25) is 4.79 Å². The molecule has 132 valence electrons. The summed E-state index contributed by atoms with van der Waals surface area (Å²) in [4.78, 5) is 12.6. The fourth-order valence-corrected chi connectivity index (χ4v) is 2.69. The highest BCUT2D eigenvalue weighted by Gasteiger charge is 2.16. The summed E-state index contributed by atoms with van der Waals surface area (Å²) in [6.45, 7) is 7.87. The summed E-state index contributed by atoms with van der Waals surface area (Å²) in [6.07, 6.45) is 1.68. The van der Waals surface area contributed by atoms with Crippen LogP contribution in [0.4, 0.5) is 5.69 Å². The topological polar surface area (TPSA) is 56.1 Å². The molecule has 0 saturated carbocycles. The molecule has 2 aromatic carbocycles. The van der Waals surface area contributed by atoms with Gasteiger partial charge in [0, 0.05) is 5.56 Å². The summed E-state index contributed by atoms with van der Waals surface area (Å²) in [6, 6.07) is 16.8. The van der Waals surface area contributed by atoms with Crippen LogP contribution in [0.25, 0.3) is 5.69 Å². The number of amides is 1. The van der Waals surface area contributed by atoms with Crippen molar-refractivity contribution in [2.75, 3.05) is 11.9 Å². The molecule has 0 aliphatic heterocycles. The molecule has 0 spiro atoms. The first-order valence-electron chi connectivity index (χ1n) is 8.37. The molecule has 0 saturated heterocycles. The standard InChI is InChI=1S/C21H21N3O2/c1-4-14-26-19-12-10-17(11-13-19)21(25)22-20-15(2)23-24(16(20)3)18-8-6-5-7-9-18/h4-13H,1,14H2,2-3H3,(H,22,25). The van der Waals surface area contributed by atoms with Crippen molar-refractivity contribution in [1.82, 2.24) is 9.78 Å². The maximum absolute atomic E-state index is 12.6. The molecule has 0 atom stereocenters. The van der Waals surface area contributed by atoms with Crippen molar-refractivity contribution in [3.63, 3.8) is 0 Å². The van der Waals surface area contributed by atoms with Crippen LogP contribution in [-0.2, 0) is 0 Å². The zero-order valence-electron chi connectivity index (χ0n) is 14.9. The summed E-state index contributed by atoms with van der Waals surface area (Å²) >= 11 is 0. The molecule has 1 heterocycles. The molecule has 1 amide bonds. The van der Waals surface area contributed by atoms with Crippen molar-refractivity contribution < 1.29 is 9.53 Å². The number of ether oxygens (including phenoxy) is 1. The van der Waals surface area contributed by atoms with Crippen LogP contribution in [-0.4, -0.2) is 22.3 Å². The number of hydrogen-bond donors (Lipinski definition) is 1. The van der Waals surface area contributed by atoms with Crippen LogP contribution in [0.15, 0.2) is 67.3 Å². The Morgan fingerprint density at radius 2 is 1.85 bits per heavy atom. The lowest BCUT2D eigenvalue weighted by Crippen LogP contribution is -2.13. The third kappa shape index (κ3) is 3.67. The Balaban J connectivity index is 1.79. The molecule has 0 aliphatic rings. The number of carbonyl (C=O) groups is 1. The summed E-state index contributed by atoms with van der Waals surface area (Å²) in [5.41, 5.74) is 3.89. The summed E-state index contributed by atoms with van der Waals surface area (Å²) < 4.78 is 7.27. The predicted octanol–water partition coefficient (Wildman–Crippen LogP) is 4.31. The van der Waals surface area contributed by atoms with E-state index >= 15 is 0 Å². The second-order valence-electron chi connectivity index (χ2n) is 5.87. The van der Waals surface area contributed by atoms with Gasteiger partial charge in [-0.25, -0.2) is 4.68 Å². The van der Waals surface area contributed by atoms with Crippen LogP contribution in [0.2, 0.25) is 0 Å². The average Bonchev–Trinajstić information content (AvgIpc) is 2.95. The number of hydrogen-bond acceptors (Lipinski definition) is 3. The van der Waals surface area contributed by atoms with E-state index < -0.39 is 0 Å². The minimum Gasteiger partial charge on any atom is -0.490 e. The van der Waals surface area contributed by atoms with Crippen LogP contribution >= 0.6 is 0 Å². The highest BCUT2D eigenvalue weighted by atomic mass is 16.5. The first kappa shape index (κ1) is 17.5. The van der Waals surface area contributed by atoms with Crippen molar-refractivity contribution in [3.8, 4) is 11.4 Å². The van der Waals surface area contributed by atoms with Gasteiger partial charge in [0.2, 0.25) is 0 Å². The fourth-order valence-electron chi connectivity index (χ4n) is 2.69. The number of carbonyl (C=O) groups excluding carboxylic acids is 1. The molecule has 0 unspecified atom stereocenters. The van der Waals surface area contributed by atoms with Crippen molar-refractivity contribution >= 4 is 11.6 Å². The Bertz CT molecular complexity index is 912. The monoisotopic (exact) mass is 347 g/mol. The van der Waals surface area contributed by atoms with Crippen LogP contribution in [0.5, 0.6) is 5.75 Å². The number of benzene rings is 2. The van der Waals surface area contributed by atoms with E-state index in [1.807, 2.05) is 48.9 Å². The number of rotatable bonds is 6. The van der Waals surface area contributed by atoms with E-state index in [0.29, 0.717) is 17.9 Å². The summed E-state index contributed by atoms with van der Waals surface area (Å²) in [5.74, 6) is 0.518. The molecular weight excluding hydrogens is 326 g/mol. The van der Waals surface area contributed by atoms with Gasteiger partial charge >= 0.3 is 0 Å². The molecule has 5 heteroatoms. The molecular formula is C21H21N3O2. The largest absolute Gasteiger partial charge is 0.490 e. The predicted molar refractivity (Wildman–Crippen MR) is 103 cm³/mol. The number of para-hydroxylation sites is 1. The Hall–Kier alpha value is -3.34. The van der Waals surface area contributed by atoms with Gasteiger partial charge in [0.25, 0.3) is 5.91 Å². The van der Waals surface area contributed by atoms with Crippen LogP contribution in [0.1, 0.15) is 21.7 Å². The van der Waals surface area contributed by atoms with Gasteiger partial charge in [0.05, 0.1) is 22.8 Å². The lowest BCUT2D eigenvalue weighted by atomic mass is 10.2. The number of aryl methyl sites for hydroxylation is 1. The van der Waals surface area contributed by atoms with E-state index in [0.717, 1.165) is 22.8 Å². The van der Waals surface area contributed by atoms with E-state index in [-0.39, 0.29) is 5.91 Å². The molecule has 3 aromatic rings. The van der Waals surface area contributed by atoms with Crippen molar-refractivity contribution in [1.29, 1.82) is 0 Å². The zero-order valence-corrected chi connectivity index (χ0v) is 14.9. The molecule has 0 fully saturated rings. The van der Waals surface area contributed by atoms with E-state index in [1.54, 1.807) is 30.3 Å². The smallest absolute Gasteiger partial charge is 0.255 e. The Morgan fingerprint density at radius 1 is 1.15 bits per heavy atom. The van der Waals surface area contributed by atoms with Crippen molar-refractivity contribution in [2.45, 2.75) is 13.8 Å². The van der Waals surface area contributed by atoms with Crippen molar-refractivity contribution in [2.24, 2.45) is 0 Å². The summed E-state index contributed by atoms with van der Waals surface area (Å²) in [7, 11) is 0. The Morgan fingerprint density at radius 3 is 2.50 bits per heavy atom. The number of nitrogens with one attached hydrogen (secondary N) is 1. The molecule has 0 radical (unpaired) electrons. The van der Waals surface area contributed by atoms with Crippen molar-refractivity contribution in [3.05, 3.63) is 84.2 Å². The third-order valence-electron chi connectivity index (χ3n) is 4.01. The molecule has 3 rings (SSSR count). The molecule has 0 aliphatic carbocycles. The maximum Gasteiger partial charge on any atom is 0.255 e. The van der Waals surface area contributed by atoms with Gasteiger partial charge < -0.3 is 10.1 Å². The van der Waals surface area contributed by atoms with Crippen LogP contribution < -0.4 is 10.1 Å². The lowest BCUT2D eigenvalue weighted by molar-refractivity contribution is 0.102. The molecule has 5 nitrogen and oxygen atoms in total. The third-order valence-corrected chi connectivity index (χ3v) is 4.01. The Labute approximate surface area is 152 Å². The van der Waals surface area contributed by atoms with Gasteiger partial charge in [-0.2, -0.15) is 5.10 Å². The lowest BCUT2D eigenvalue weighted by Gasteiger charge is -2.08. The van der Waals surface area contributed by atoms with Gasteiger partial charge in [0.15, 0.2) is 0 Å². The highest BCUT2D eigenvalue weighted by molar-refractivity contribution is 6.05. The van der Waals surface area contributed by atoms with E-state index in [1.165, 1.54) is 0 Å². The molecule has 0 bridgehead atoms. The quantitative estimate of drug-likeness (QED) is 0.676. The van der Waals surface area contributed by atoms with Gasteiger partial charge in [-0.05, 0) is 50.2 Å². The maximum atomic E-state index is 12.6. The van der Waals surface area contributed by atoms with E-state index in [9.17, 15) is 4.79 Å². The highest BCUT2D eigenvalue weighted by Crippen LogP contribution is 2.23. The summed E-state index contributed by atoms with van der Waals surface area (Å²) in [5, 5.41) is 7.52. The normalized spacial score (nSPS) is 10.4. The first-order valence-corrected chi connectivity index (χ1v) is 8.37. The number of nitrogens with zero attached hydrogens (tertiary/aromatic N) is 2. The second-order valence-corrected chi connectivity index (χ2v) is 5.87. The Kier molecular flexibility index (Phi) is 5.17. The molecule has 1 N–H and O–H groups in total. The average molecular weight is 347 g/mol. The first-order chi connectivity index (χ1) is 12.6. The minimum atomic E-state index is -0.181. The number of aromatic nitrogens is 2. The molecule has 1 aromatic heterocycles. The zero-order chi connectivity index (χ0) is 18.5. The van der Waals surface area contributed by atoms with Gasteiger partial charge in [-0.1, -0.05) is 30.9 Å². The van der Waals surface area contributed by atoms with E-state index in [4.69, 9.17) is 4.74 Å².